The van der Waals surface area contributed by atoms with E-state index in [-0.39, 0.29) is 64.0 Å². The summed E-state index contributed by atoms with van der Waals surface area (Å²) in [6, 6.07) is 9.73. The second-order valence-corrected chi connectivity index (χ2v) is 11.7. The van der Waals surface area contributed by atoms with Crippen LogP contribution in [-0.4, -0.2) is 125 Å². The highest BCUT2D eigenvalue weighted by atomic mass is 16.6. The van der Waals surface area contributed by atoms with Crippen LogP contribution in [0.4, 0.5) is 10.6 Å². The first-order valence-corrected chi connectivity index (χ1v) is 16.4. The van der Waals surface area contributed by atoms with Gasteiger partial charge in [-0.1, -0.05) is 50.1 Å². The van der Waals surface area contributed by atoms with Gasteiger partial charge in [0.1, 0.15) is 17.6 Å². The molecule has 0 saturated carbocycles. The number of unbranched alkanes of at least 4 members (excludes halogenated alkanes) is 2. The number of piperazine rings is 1. The lowest BCUT2D eigenvalue weighted by molar-refractivity contribution is -0.138. The summed E-state index contributed by atoms with van der Waals surface area (Å²) in [5.41, 5.74) is 0.765. The van der Waals surface area contributed by atoms with E-state index >= 15 is 0 Å². The van der Waals surface area contributed by atoms with Crippen molar-refractivity contribution in [2.45, 2.75) is 64.0 Å². The van der Waals surface area contributed by atoms with Gasteiger partial charge in [0.2, 0.25) is 5.91 Å². The molecule has 3 amide bonds. The molecule has 0 aliphatic carbocycles. The number of nitrogens with one attached hydrogen (secondary N) is 1. The Morgan fingerprint density at radius 3 is 2.32 bits per heavy atom. The first kappa shape index (κ1) is 35.6. The van der Waals surface area contributed by atoms with Gasteiger partial charge in [-0.2, -0.15) is 0 Å². The SMILES string of the molecule is CCCCCOC(=O)N1CCN(C(=O)[C@H](CCC(=O)O)NC(=O)c2cc(N3CCC(OCCO)CC3)nc(-c3ccccc3)n2)CC1. The lowest BCUT2D eigenvalue weighted by Gasteiger charge is -2.36. The number of carbonyl (C=O) groups excluding carboxylic acids is 3. The molecule has 47 heavy (non-hydrogen) atoms. The molecule has 2 aliphatic rings. The van der Waals surface area contributed by atoms with Gasteiger partial charge in [-0.15, -0.1) is 0 Å². The molecule has 2 fully saturated rings. The van der Waals surface area contributed by atoms with Gasteiger partial charge in [0.05, 0.1) is 25.9 Å². The number of hydrogen-bond donors (Lipinski definition) is 3. The van der Waals surface area contributed by atoms with Gasteiger partial charge in [-0.3, -0.25) is 14.4 Å². The van der Waals surface area contributed by atoms with Crippen LogP contribution >= 0.6 is 0 Å². The third-order valence-electron chi connectivity index (χ3n) is 8.26. The topological polar surface area (TPSA) is 175 Å². The zero-order valence-corrected chi connectivity index (χ0v) is 27.0. The molecule has 4 rings (SSSR count). The largest absolute Gasteiger partial charge is 0.481 e. The molecular formula is C33H46N6O8. The fraction of sp³-hybridized carbons (Fsp3) is 0.576. The molecule has 0 bridgehead atoms. The minimum Gasteiger partial charge on any atom is -0.481 e. The van der Waals surface area contributed by atoms with E-state index in [9.17, 15) is 24.3 Å². The third-order valence-corrected chi connectivity index (χ3v) is 8.26. The van der Waals surface area contributed by atoms with Crippen molar-refractivity contribution in [3.63, 3.8) is 0 Å². The number of ether oxygens (including phenoxy) is 2. The third kappa shape index (κ3) is 10.6. The van der Waals surface area contributed by atoms with Crippen molar-refractivity contribution >= 4 is 29.7 Å². The maximum atomic E-state index is 13.7. The Balaban J connectivity index is 1.47. The van der Waals surface area contributed by atoms with Gasteiger partial charge < -0.3 is 39.7 Å². The number of aliphatic hydroxyl groups is 1. The maximum Gasteiger partial charge on any atom is 0.409 e. The van der Waals surface area contributed by atoms with Crippen LogP contribution in [0.5, 0.6) is 0 Å². The van der Waals surface area contributed by atoms with E-state index in [1.165, 1.54) is 4.90 Å². The molecule has 256 valence electrons. The van der Waals surface area contributed by atoms with E-state index in [0.717, 1.165) is 32.1 Å². The van der Waals surface area contributed by atoms with E-state index in [0.29, 0.717) is 36.9 Å². The molecule has 0 unspecified atom stereocenters. The van der Waals surface area contributed by atoms with Gasteiger partial charge in [-0.25, -0.2) is 14.8 Å². The molecular weight excluding hydrogens is 608 g/mol. The Labute approximate surface area is 275 Å². The van der Waals surface area contributed by atoms with Crippen molar-refractivity contribution < 1.29 is 38.9 Å². The van der Waals surface area contributed by atoms with Gasteiger partial charge >= 0.3 is 12.1 Å². The molecule has 2 saturated heterocycles. The molecule has 0 radical (unpaired) electrons. The molecule has 1 aromatic carbocycles. The van der Waals surface area contributed by atoms with E-state index < -0.39 is 29.9 Å². The van der Waals surface area contributed by atoms with Crippen molar-refractivity contribution in [2.24, 2.45) is 0 Å². The highest BCUT2D eigenvalue weighted by Crippen LogP contribution is 2.24. The zero-order chi connectivity index (χ0) is 33.6. The smallest absolute Gasteiger partial charge is 0.409 e. The second kappa shape index (κ2) is 18.1. The average Bonchev–Trinajstić information content (AvgIpc) is 3.11. The molecule has 2 aromatic rings. The molecule has 3 N–H and O–H groups in total. The lowest BCUT2D eigenvalue weighted by atomic mass is 10.1. The number of hydrogen-bond acceptors (Lipinski definition) is 10. The van der Waals surface area contributed by atoms with Crippen molar-refractivity contribution in [1.29, 1.82) is 0 Å². The second-order valence-electron chi connectivity index (χ2n) is 11.7. The van der Waals surface area contributed by atoms with Crippen LogP contribution in [-0.2, 0) is 19.1 Å². The monoisotopic (exact) mass is 654 g/mol. The quantitative estimate of drug-likeness (QED) is 0.241. The van der Waals surface area contributed by atoms with Crippen LogP contribution in [0.15, 0.2) is 36.4 Å². The Bertz CT molecular complexity index is 1330. The van der Waals surface area contributed by atoms with Crippen molar-refractivity contribution in [1.82, 2.24) is 25.1 Å². The minimum atomic E-state index is -1.11. The highest BCUT2D eigenvalue weighted by Gasteiger charge is 2.32. The number of benzene rings is 1. The van der Waals surface area contributed by atoms with E-state index in [4.69, 9.17) is 19.6 Å². The molecule has 0 spiro atoms. The predicted octanol–water partition coefficient (Wildman–Crippen LogP) is 2.56. The number of aliphatic carboxylic acids is 1. The Morgan fingerprint density at radius 1 is 0.957 bits per heavy atom. The molecule has 1 atom stereocenters. The molecule has 1 aromatic heterocycles. The summed E-state index contributed by atoms with van der Waals surface area (Å²) < 4.78 is 11.0. The lowest BCUT2D eigenvalue weighted by Crippen LogP contribution is -2.56. The van der Waals surface area contributed by atoms with Crippen LogP contribution in [0.25, 0.3) is 11.4 Å². The number of aliphatic hydroxyl groups excluding tert-OH is 1. The Hall–Kier alpha value is -4.30. The normalized spacial score (nSPS) is 16.1. The van der Waals surface area contributed by atoms with E-state index in [2.05, 4.69) is 17.2 Å². The van der Waals surface area contributed by atoms with Gasteiger partial charge in [0, 0.05) is 57.3 Å². The van der Waals surface area contributed by atoms with E-state index in [1.54, 1.807) is 11.0 Å². The number of carboxylic acids is 1. The molecule has 14 heteroatoms. The Kier molecular flexibility index (Phi) is 13.7. The average molecular weight is 655 g/mol. The molecule has 2 aliphatic heterocycles. The first-order chi connectivity index (χ1) is 22.8. The number of aromatic nitrogens is 2. The maximum absolute atomic E-state index is 13.7. The van der Waals surface area contributed by atoms with Crippen LogP contribution in [0.2, 0.25) is 0 Å². The zero-order valence-electron chi connectivity index (χ0n) is 27.0. The number of anilines is 1. The predicted molar refractivity (Wildman–Crippen MR) is 173 cm³/mol. The summed E-state index contributed by atoms with van der Waals surface area (Å²) in [6.07, 6.45) is 3.42. The number of nitrogens with zero attached hydrogens (tertiary/aromatic N) is 5. The Morgan fingerprint density at radius 2 is 1.66 bits per heavy atom. The van der Waals surface area contributed by atoms with Gasteiger partial charge in [0.25, 0.3) is 5.91 Å². The van der Waals surface area contributed by atoms with Crippen molar-refractivity contribution in [3.8, 4) is 11.4 Å². The number of rotatable bonds is 15. The molecule has 14 nitrogen and oxygen atoms in total. The van der Waals surface area contributed by atoms with Crippen LogP contribution < -0.4 is 10.2 Å². The van der Waals surface area contributed by atoms with Crippen LogP contribution in [0.3, 0.4) is 0 Å². The fourth-order valence-corrected chi connectivity index (χ4v) is 5.59. The van der Waals surface area contributed by atoms with Crippen molar-refractivity contribution in [2.75, 3.05) is 64.0 Å². The summed E-state index contributed by atoms with van der Waals surface area (Å²) in [7, 11) is 0. The summed E-state index contributed by atoms with van der Waals surface area (Å²) in [5, 5.41) is 21.2. The number of carbonyl (C=O) groups is 4. The summed E-state index contributed by atoms with van der Waals surface area (Å²) >= 11 is 0. The summed E-state index contributed by atoms with van der Waals surface area (Å²) in [4.78, 5) is 65.7. The van der Waals surface area contributed by atoms with Crippen molar-refractivity contribution in [3.05, 3.63) is 42.1 Å². The minimum absolute atomic E-state index is 0.0240. The fourth-order valence-electron chi connectivity index (χ4n) is 5.59. The van der Waals surface area contributed by atoms with Gasteiger partial charge in [-0.05, 0) is 25.7 Å². The number of piperidine rings is 1. The highest BCUT2D eigenvalue weighted by molar-refractivity contribution is 5.97. The van der Waals surface area contributed by atoms with Crippen LogP contribution in [0, 0.1) is 0 Å². The molecule has 3 heterocycles. The van der Waals surface area contributed by atoms with Gasteiger partial charge in [0.15, 0.2) is 5.82 Å². The summed E-state index contributed by atoms with van der Waals surface area (Å²) in [6.45, 7) is 4.93. The number of amides is 3. The first-order valence-electron chi connectivity index (χ1n) is 16.4. The standard InChI is InChI=1S/C33H46N6O8/c1-2-3-7-21-47-33(45)39-18-16-38(17-19-39)32(44)26(10-11-29(41)42)35-31(43)27-23-28(36-30(34-27)24-8-5-4-6-9-24)37-14-12-25(13-15-37)46-22-20-40/h4-6,8-9,23,25-26,40H,2-3,7,10-22H2,1H3,(H,35,43)(H,41,42)/t26-/m0/s1. The van der Waals surface area contributed by atoms with Crippen LogP contribution in [0.1, 0.15) is 62.4 Å². The number of carboxylic acid groups (broad SMARTS) is 1. The summed E-state index contributed by atoms with van der Waals surface area (Å²) in [5.74, 6) is -1.23. The van der Waals surface area contributed by atoms with E-state index in [1.807, 2.05) is 35.2 Å².